The molecule has 1 aromatic rings. The quantitative estimate of drug-likeness (QED) is 0.535. The van der Waals surface area contributed by atoms with Crippen molar-refractivity contribution in [3.63, 3.8) is 0 Å². The summed E-state index contributed by atoms with van der Waals surface area (Å²) in [6, 6.07) is 6.01. The fraction of sp³-hybridized carbons (Fsp3) is 0.478. The van der Waals surface area contributed by atoms with E-state index in [9.17, 15) is 14.0 Å². The number of hydrogen-bond donors (Lipinski definition) is 3. The van der Waals surface area contributed by atoms with Crippen molar-refractivity contribution in [2.24, 2.45) is 5.92 Å². The van der Waals surface area contributed by atoms with Crippen LogP contribution >= 0.6 is 12.6 Å². The van der Waals surface area contributed by atoms with Crippen molar-refractivity contribution in [2.45, 2.75) is 37.0 Å². The molecule has 0 radical (unpaired) electrons. The fourth-order valence-corrected chi connectivity index (χ4v) is 4.51. The Morgan fingerprint density at radius 3 is 2.77 bits per heavy atom. The van der Waals surface area contributed by atoms with Crippen molar-refractivity contribution in [1.29, 1.82) is 0 Å². The fourth-order valence-electron chi connectivity index (χ4n) is 4.24. The molecule has 31 heavy (non-hydrogen) atoms. The molecule has 1 saturated carbocycles. The number of nitrogens with one attached hydrogen (secondary N) is 1. The minimum atomic E-state index is -0.833. The monoisotopic (exact) mass is 445 g/mol. The number of piperidine rings is 1. The van der Waals surface area contributed by atoms with E-state index in [1.807, 2.05) is 6.20 Å². The second-order valence-electron chi connectivity index (χ2n) is 8.47. The Bertz CT molecular complexity index is 915. The molecular weight excluding hydrogens is 417 g/mol. The van der Waals surface area contributed by atoms with Crippen LogP contribution in [0.25, 0.3) is 0 Å². The van der Waals surface area contributed by atoms with Gasteiger partial charge in [0.2, 0.25) is 0 Å². The highest BCUT2D eigenvalue weighted by Crippen LogP contribution is 2.39. The van der Waals surface area contributed by atoms with Crippen LogP contribution in [0.3, 0.4) is 0 Å². The Balaban J connectivity index is 1.53. The van der Waals surface area contributed by atoms with Gasteiger partial charge in [-0.1, -0.05) is 24.3 Å². The first-order valence-electron chi connectivity index (χ1n) is 10.8. The minimum Gasteiger partial charge on any atom is -0.481 e. The number of hydrazine groups is 1. The van der Waals surface area contributed by atoms with Gasteiger partial charge in [0.25, 0.3) is 0 Å². The second kappa shape index (κ2) is 9.54. The van der Waals surface area contributed by atoms with Crippen LogP contribution in [0.1, 0.15) is 37.3 Å². The zero-order valence-electron chi connectivity index (χ0n) is 17.3. The largest absolute Gasteiger partial charge is 0.481 e. The lowest BCUT2D eigenvalue weighted by Gasteiger charge is -2.37. The van der Waals surface area contributed by atoms with E-state index in [2.05, 4.69) is 16.4 Å². The predicted octanol–water partition coefficient (Wildman–Crippen LogP) is 2.96. The van der Waals surface area contributed by atoms with Crippen molar-refractivity contribution in [3.05, 3.63) is 59.1 Å². The third kappa shape index (κ3) is 5.37. The van der Waals surface area contributed by atoms with Crippen molar-refractivity contribution >= 4 is 24.4 Å². The lowest BCUT2D eigenvalue weighted by Crippen LogP contribution is -2.42. The molecule has 3 aliphatic rings. The van der Waals surface area contributed by atoms with E-state index in [0.29, 0.717) is 31.7 Å². The van der Waals surface area contributed by atoms with Gasteiger partial charge in [-0.25, -0.2) is 9.82 Å². The van der Waals surface area contributed by atoms with Crippen LogP contribution in [0.15, 0.2) is 47.7 Å². The number of halogens is 1. The molecule has 0 bridgehead atoms. The topological polar surface area (TPSA) is 72.9 Å². The highest BCUT2D eigenvalue weighted by atomic mass is 32.1. The SMILES string of the molecule is O=C(O)CCN1C=C(C=C2CN(C(C(=O)C3CC3)c3ccccc3F)CCC2S)CN1. The summed E-state index contributed by atoms with van der Waals surface area (Å²) < 4.78 is 14.6. The van der Waals surface area contributed by atoms with Gasteiger partial charge in [-0.2, -0.15) is 12.6 Å². The predicted molar refractivity (Wildman–Crippen MR) is 119 cm³/mol. The molecule has 1 aromatic carbocycles. The summed E-state index contributed by atoms with van der Waals surface area (Å²) in [5, 5.41) is 10.7. The molecule has 2 heterocycles. The third-order valence-electron chi connectivity index (χ3n) is 6.06. The molecule has 6 nitrogen and oxygen atoms in total. The molecule has 2 N–H and O–H groups in total. The first-order chi connectivity index (χ1) is 14.9. The van der Waals surface area contributed by atoms with E-state index in [-0.39, 0.29) is 29.2 Å². The zero-order valence-corrected chi connectivity index (χ0v) is 18.2. The maximum atomic E-state index is 14.6. The summed E-state index contributed by atoms with van der Waals surface area (Å²) in [5.74, 6) is -1.02. The molecule has 0 spiro atoms. The molecule has 1 aliphatic carbocycles. The van der Waals surface area contributed by atoms with Crippen LogP contribution in [-0.2, 0) is 9.59 Å². The van der Waals surface area contributed by atoms with E-state index in [1.165, 1.54) is 6.07 Å². The average molecular weight is 446 g/mol. The number of Topliss-reactive ketones (excluding diaryl/α,β-unsaturated/α-hetero) is 1. The van der Waals surface area contributed by atoms with Gasteiger partial charge < -0.3 is 10.1 Å². The summed E-state index contributed by atoms with van der Waals surface area (Å²) in [6.07, 6.45) is 6.61. The number of carbonyl (C=O) groups excluding carboxylic acids is 1. The summed E-state index contributed by atoms with van der Waals surface area (Å²) >= 11 is 4.75. The van der Waals surface area contributed by atoms with Crippen molar-refractivity contribution in [1.82, 2.24) is 15.3 Å². The lowest BCUT2D eigenvalue weighted by atomic mass is 9.93. The van der Waals surface area contributed by atoms with Gasteiger partial charge in [0.15, 0.2) is 5.78 Å². The van der Waals surface area contributed by atoms with Crippen molar-refractivity contribution in [2.75, 3.05) is 26.2 Å². The maximum absolute atomic E-state index is 14.6. The lowest BCUT2D eigenvalue weighted by molar-refractivity contribution is -0.137. The second-order valence-corrected chi connectivity index (χ2v) is 9.09. The van der Waals surface area contributed by atoms with E-state index in [1.54, 1.807) is 23.2 Å². The summed E-state index contributed by atoms with van der Waals surface area (Å²) in [4.78, 5) is 26.0. The normalized spacial score (nSPS) is 24.3. The van der Waals surface area contributed by atoms with Gasteiger partial charge in [-0.3, -0.25) is 14.5 Å². The first-order valence-corrected chi connectivity index (χ1v) is 11.3. The summed E-state index contributed by atoms with van der Waals surface area (Å²) in [5.41, 5.74) is 5.75. The number of aliphatic carboxylic acids is 1. The van der Waals surface area contributed by atoms with E-state index >= 15 is 0 Å². The molecule has 0 aromatic heterocycles. The van der Waals surface area contributed by atoms with E-state index in [4.69, 9.17) is 17.7 Å². The standard InChI is InChI=1S/C23H28FN3O3S/c24-19-4-2-1-3-18(19)22(23(30)16-5-6-16)26-9-7-20(31)17(14-26)11-15-12-25-27(13-15)10-8-21(28)29/h1-4,11,13,16,20,22,25,31H,5-10,12,14H2,(H,28,29). The van der Waals surface area contributed by atoms with Crippen LogP contribution in [0.4, 0.5) is 4.39 Å². The van der Waals surface area contributed by atoms with Crippen molar-refractivity contribution in [3.8, 4) is 0 Å². The number of carboxylic acids is 1. The van der Waals surface area contributed by atoms with Gasteiger partial charge in [0.1, 0.15) is 5.82 Å². The molecule has 2 aliphatic heterocycles. The number of thiol groups is 1. The Kier molecular flexibility index (Phi) is 6.79. The van der Waals surface area contributed by atoms with Crippen LogP contribution in [0.2, 0.25) is 0 Å². The number of benzene rings is 1. The highest BCUT2D eigenvalue weighted by molar-refractivity contribution is 7.81. The third-order valence-corrected chi connectivity index (χ3v) is 6.65. The molecule has 166 valence electrons. The first kappa shape index (κ1) is 22.0. The number of carbonyl (C=O) groups is 2. The number of nitrogens with zero attached hydrogens (tertiary/aromatic N) is 2. The molecule has 8 heteroatoms. The number of likely N-dealkylation sites (tertiary alicyclic amines) is 1. The smallest absolute Gasteiger partial charge is 0.305 e. The Hall–Kier alpha value is -2.16. The number of carboxylic acid groups (broad SMARTS) is 1. The van der Waals surface area contributed by atoms with Gasteiger partial charge in [0, 0.05) is 49.1 Å². The Labute approximate surface area is 187 Å². The molecule has 1 saturated heterocycles. The maximum Gasteiger partial charge on any atom is 0.305 e. The molecule has 2 unspecified atom stereocenters. The molecule has 2 fully saturated rings. The highest BCUT2D eigenvalue weighted by Gasteiger charge is 2.40. The molecule has 2 atom stereocenters. The van der Waals surface area contributed by atoms with Crippen LogP contribution in [0, 0.1) is 11.7 Å². The number of rotatable bonds is 8. The van der Waals surface area contributed by atoms with Crippen LogP contribution in [-0.4, -0.2) is 58.2 Å². The molecular formula is C23H28FN3O3S. The zero-order chi connectivity index (χ0) is 22.0. The molecule has 0 amide bonds. The van der Waals surface area contributed by atoms with Crippen LogP contribution < -0.4 is 5.43 Å². The van der Waals surface area contributed by atoms with E-state index in [0.717, 1.165) is 30.4 Å². The Morgan fingerprint density at radius 1 is 1.29 bits per heavy atom. The van der Waals surface area contributed by atoms with Gasteiger partial charge >= 0.3 is 5.97 Å². The van der Waals surface area contributed by atoms with Gasteiger partial charge in [-0.15, -0.1) is 0 Å². The number of ketones is 1. The minimum absolute atomic E-state index is 0.0373. The van der Waals surface area contributed by atoms with E-state index < -0.39 is 12.0 Å². The Morgan fingerprint density at radius 2 is 2.06 bits per heavy atom. The number of hydrogen-bond acceptors (Lipinski definition) is 6. The van der Waals surface area contributed by atoms with Gasteiger partial charge in [0.05, 0.1) is 12.5 Å². The van der Waals surface area contributed by atoms with Gasteiger partial charge in [-0.05, 0) is 36.5 Å². The van der Waals surface area contributed by atoms with Crippen LogP contribution in [0.5, 0.6) is 0 Å². The van der Waals surface area contributed by atoms with Crippen molar-refractivity contribution < 1.29 is 19.1 Å². The summed E-state index contributed by atoms with van der Waals surface area (Å²) in [6.45, 7) is 2.24. The average Bonchev–Trinajstić information content (AvgIpc) is 3.50. The summed E-state index contributed by atoms with van der Waals surface area (Å²) in [7, 11) is 0. The molecule has 4 rings (SSSR count).